The van der Waals surface area contributed by atoms with E-state index in [-0.39, 0.29) is 16.8 Å². The molecule has 0 saturated carbocycles. The Morgan fingerprint density at radius 3 is 2.00 bits per heavy atom. The fourth-order valence-corrected chi connectivity index (χ4v) is 6.50. The number of carbonyl (C=O) groups excluding carboxylic acids is 1. The first-order valence-electron chi connectivity index (χ1n) is 12.1. The summed E-state index contributed by atoms with van der Waals surface area (Å²) in [7, 11) is -3.88. The largest absolute Gasteiger partial charge is 0.330 e. The van der Waals surface area contributed by atoms with E-state index in [0.29, 0.717) is 30.8 Å². The summed E-state index contributed by atoms with van der Waals surface area (Å²) in [5.74, 6) is -0.615. The molecule has 0 saturated heterocycles. The number of anilines is 1. The van der Waals surface area contributed by atoms with Gasteiger partial charge >= 0.3 is 0 Å². The minimum atomic E-state index is -3.88. The Balaban J connectivity index is 1.45. The molecule has 0 bridgehead atoms. The van der Waals surface area contributed by atoms with Crippen molar-refractivity contribution in [3.05, 3.63) is 131 Å². The molecule has 1 aliphatic heterocycles. The average molecular weight is 515 g/mol. The molecule has 4 aromatic carbocycles. The van der Waals surface area contributed by atoms with Gasteiger partial charge < -0.3 is 4.90 Å². The van der Waals surface area contributed by atoms with E-state index in [9.17, 15) is 17.6 Å². The minimum absolute atomic E-state index is 0.0330. The number of sulfonamides is 1. The molecule has 0 fully saturated rings. The topological polar surface area (TPSA) is 57.7 Å². The van der Waals surface area contributed by atoms with Crippen molar-refractivity contribution in [2.24, 2.45) is 0 Å². The van der Waals surface area contributed by atoms with Crippen molar-refractivity contribution >= 4 is 21.6 Å². The molecule has 5 rings (SSSR count). The zero-order valence-electron chi connectivity index (χ0n) is 20.4. The maximum absolute atomic E-state index is 13.7. The molecular weight excluding hydrogens is 487 g/mol. The summed E-state index contributed by atoms with van der Waals surface area (Å²) in [6.45, 7) is 2.74. The molecular formula is C30H27FN2O3S. The van der Waals surface area contributed by atoms with Crippen LogP contribution in [0.3, 0.4) is 0 Å². The van der Waals surface area contributed by atoms with Gasteiger partial charge in [0.05, 0.1) is 10.6 Å². The molecule has 1 amide bonds. The molecule has 188 valence electrons. The van der Waals surface area contributed by atoms with Gasteiger partial charge in [0.15, 0.2) is 0 Å². The summed E-state index contributed by atoms with van der Waals surface area (Å²) < 4.78 is 41.5. The highest BCUT2D eigenvalue weighted by Crippen LogP contribution is 2.37. The third-order valence-corrected chi connectivity index (χ3v) is 8.51. The summed E-state index contributed by atoms with van der Waals surface area (Å²) in [5.41, 5.74) is 3.91. The van der Waals surface area contributed by atoms with Crippen molar-refractivity contribution in [1.29, 1.82) is 0 Å². The number of benzene rings is 4. The lowest BCUT2D eigenvalue weighted by atomic mass is 10.1. The second-order valence-corrected chi connectivity index (χ2v) is 11.1. The molecule has 37 heavy (non-hydrogen) atoms. The maximum Gasteiger partial charge on any atom is 0.264 e. The van der Waals surface area contributed by atoms with Crippen LogP contribution in [0.4, 0.5) is 10.1 Å². The molecule has 0 spiro atoms. The van der Waals surface area contributed by atoms with Crippen LogP contribution in [0.25, 0.3) is 0 Å². The quantitative estimate of drug-likeness (QED) is 0.313. The molecule has 4 aromatic rings. The third kappa shape index (κ3) is 5.13. The Bertz CT molecular complexity index is 1470. The number of amides is 1. The number of fused-ring (bicyclic) bond motifs is 1. The number of hydrogen-bond acceptors (Lipinski definition) is 3. The van der Waals surface area contributed by atoms with E-state index in [4.69, 9.17) is 0 Å². The van der Waals surface area contributed by atoms with E-state index in [2.05, 4.69) is 0 Å². The molecule has 1 atom stereocenters. The first-order valence-corrected chi connectivity index (χ1v) is 13.6. The van der Waals surface area contributed by atoms with Crippen LogP contribution in [0.1, 0.15) is 34.0 Å². The van der Waals surface area contributed by atoms with E-state index in [1.807, 2.05) is 67.6 Å². The van der Waals surface area contributed by atoms with E-state index in [0.717, 1.165) is 28.8 Å². The van der Waals surface area contributed by atoms with Gasteiger partial charge in [-0.15, -0.1) is 0 Å². The van der Waals surface area contributed by atoms with Crippen molar-refractivity contribution in [3.8, 4) is 0 Å². The molecule has 0 unspecified atom stereocenters. The lowest BCUT2D eigenvalue weighted by molar-refractivity contribution is 0.0730. The Morgan fingerprint density at radius 2 is 1.43 bits per heavy atom. The lowest BCUT2D eigenvalue weighted by Gasteiger charge is -2.25. The number of nitrogens with zero attached hydrogens (tertiary/aromatic N) is 2. The number of halogens is 1. The van der Waals surface area contributed by atoms with Gasteiger partial charge in [-0.2, -0.15) is 0 Å². The first kappa shape index (κ1) is 24.7. The van der Waals surface area contributed by atoms with Crippen LogP contribution in [0.15, 0.2) is 108 Å². The Morgan fingerprint density at radius 1 is 0.865 bits per heavy atom. The van der Waals surface area contributed by atoms with Gasteiger partial charge in [-0.3, -0.25) is 9.10 Å². The standard InChI is InChI=1S/C30H27FN2O3S/c1-22-18-26-19-25(12-17-29(26)33(22)37(35,36)28-15-13-27(31)14-16-28)30(34)32(20-23-8-4-2-5-9-23)21-24-10-6-3-7-11-24/h2-17,19,22H,18,20-21H2,1H3/t22-/m0/s1. The van der Waals surface area contributed by atoms with E-state index < -0.39 is 15.8 Å². The van der Waals surface area contributed by atoms with E-state index >= 15 is 0 Å². The van der Waals surface area contributed by atoms with Gasteiger partial charge in [-0.05, 0) is 72.5 Å². The van der Waals surface area contributed by atoms with Gasteiger partial charge in [0.1, 0.15) is 5.82 Å². The SMILES string of the molecule is C[C@H]1Cc2cc(C(=O)N(Cc3ccccc3)Cc3ccccc3)ccc2N1S(=O)(=O)c1ccc(F)cc1. The van der Waals surface area contributed by atoms with Crippen LogP contribution in [0, 0.1) is 5.82 Å². The summed E-state index contributed by atoms with van der Waals surface area (Å²) in [6.07, 6.45) is 0.480. The van der Waals surface area contributed by atoms with Crippen LogP contribution in [-0.4, -0.2) is 25.3 Å². The highest BCUT2D eigenvalue weighted by molar-refractivity contribution is 7.92. The summed E-state index contributed by atoms with van der Waals surface area (Å²) in [4.78, 5) is 15.6. The zero-order chi connectivity index (χ0) is 26.0. The number of rotatable bonds is 7. The van der Waals surface area contributed by atoms with Crippen LogP contribution in [0.5, 0.6) is 0 Å². The van der Waals surface area contributed by atoms with Crippen molar-refractivity contribution < 1.29 is 17.6 Å². The zero-order valence-corrected chi connectivity index (χ0v) is 21.2. The van der Waals surface area contributed by atoms with Crippen molar-refractivity contribution in [1.82, 2.24) is 4.90 Å². The normalized spacial score (nSPS) is 14.9. The molecule has 0 aliphatic carbocycles. The second kappa shape index (κ2) is 10.2. The van der Waals surface area contributed by atoms with Crippen molar-refractivity contribution in [2.45, 2.75) is 37.4 Å². The fourth-order valence-electron chi connectivity index (χ4n) is 4.81. The predicted molar refractivity (Wildman–Crippen MR) is 142 cm³/mol. The molecule has 5 nitrogen and oxygen atoms in total. The number of hydrogen-bond donors (Lipinski definition) is 0. The molecule has 1 aliphatic rings. The molecule has 1 heterocycles. The molecule has 0 aromatic heterocycles. The van der Waals surface area contributed by atoms with Crippen molar-refractivity contribution in [2.75, 3.05) is 4.31 Å². The van der Waals surface area contributed by atoms with Crippen LogP contribution in [-0.2, 0) is 29.5 Å². The number of carbonyl (C=O) groups is 1. The second-order valence-electron chi connectivity index (χ2n) is 9.28. The van der Waals surface area contributed by atoms with Crippen LogP contribution < -0.4 is 4.31 Å². The maximum atomic E-state index is 13.7. The Hall–Kier alpha value is -3.97. The van der Waals surface area contributed by atoms with Gasteiger partial charge in [-0.25, -0.2) is 12.8 Å². The van der Waals surface area contributed by atoms with Gasteiger partial charge in [0, 0.05) is 24.7 Å². The highest BCUT2D eigenvalue weighted by atomic mass is 32.2. The van der Waals surface area contributed by atoms with Gasteiger partial charge in [-0.1, -0.05) is 60.7 Å². The van der Waals surface area contributed by atoms with Crippen LogP contribution in [0.2, 0.25) is 0 Å². The fraction of sp³-hybridized carbons (Fsp3) is 0.167. The summed E-state index contributed by atoms with van der Waals surface area (Å²) >= 11 is 0. The van der Waals surface area contributed by atoms with Gasteiger partial charge in [0.25, 0.3) is 15.9 Å². The predicted octanol–water partition coefficient (Wildman–Crippen LogP) is 5.81. The monoisotopic (exact) mass is 514 g/mol. The molecule has 0 N–H and O–H groups in total. The first-order chi connectivity index (χ1) is 17.8. The smallest absolute Gasteiger partial charge is 0.264 e. The van der Waals surface area contributed by atoms with Crippen molar-refractivity contribution in [3.63, 3.8) is 0 Å². The minimum Gasteiger partial charge on any atom is -0.330 e. The molecule has 7 heteroatoms. The lowest BCUT2D eigenvalue weighted by Crippen LogP contribution is -2.35. The summed E-state index contributed by atoms with van der Waals surface area (Å²) in [5, 5.41) is 0. The average Bonchev–Trinajstić information content (AvgIpc) is 3.25. The highest BCUT2D eigenvalue weighted by Gasteiger charge is 2.36. The summed E-state index contributed by atoms with van der Waals surface area (Å²) in [6, 6.07) is 29.4. The Labute approximate surface area is 216 Å². The third-order valence-electron chi connectivity index (χ3n) is 6.57. The van der Waals surface area contributed by atoms with E-state index in [1.165, 1.54) is 16.4 Å². The van der Waals surface area contributed by atoms with E-state index in [1.54, 1.807) is 23.1 Å². The van der Waals surface area contributed by atoms with Crippen LogP contribution >= 0.6 is 0 Å². The molecule has 0 radical (unpaired) electrons. The van der Waals surface area contributed by atoms with Gasteiger partial charge in [0.2, 0.25) is 0 Å². The Kier molecular flexibility index (Phi) is 6.80.